The Hall–Kier alpha value is -3.85. The number of imidazole rings is 3. The third kappa shape index (κ3) is 5.58. The Morgan fingerprint density at radius 3 is 2.73 bits per heavy atom. The average Bonchev–Trinajstić information content (AvgIpc) is 3.50. The molecule has 0 saturated carbocycles. The Kier molecular flexibility index (Phi) is 7.39. The lowest BCUT2D eigenvalue weighted by Crippen LogP contribution is -2.63. The standard InChI is InChI=1S/C8H11N3.C7H5ClN2.C5H4N4/c1-3-4-7-8(5-9-2)11-6-10-7;8-5-1-2-6-7(3-5)10-4-9-6;1-4-5(8-2-6-1)9-3-7-4/h3-6H,1-2H3,(H,10,11);1-4H,(H,9,10);1-3H,(H,6,7,8,9)/p+3/b4-3-,9-5?;;. The monoisotopic (exact) mass is 424 g/mol. The molecule has 30 heavy (non-hydrogen) atoms. The van der Waals surface area contributed by atoms with Gasteiger partial charge in [0.25, 0.3) is 12.0 Å². The highest BCUT2D eigenvalue weighted by Crippen LogP contribution is 2.13. The van der Waals surface area contributed by atoms with Gasteiger partial charge < -0.3 is 9.97 Å². The molecule has 10 heteroatoms. The zero-order valence-corrected chi connectivity index (χ0v) is 17.3. The molecule has 0 aliphatic heterocycles. The fraction of sp³-hybridized carbons (Fsp3) is 0.100. The topological polar surface area (TPSA) is 128 Å². The largest absolute Gasteiger partial charge is 0.340 e. The van der Waals surface area contributed by atoms with Crippen molar-refractivity contribution in [2.45, 2.75) is 6.92 Å². The maximum Gasteiger partial charge on any atom is 0.294 e. The van der Waals surface area contributed by atoms with Crippen molar-refractivity contribution in [1.29, 1.82) is 0 Å². The molecule has 5 rings (SSSR count). The van der Waals surface area contributed by atoms with Crippen LogP contribution in [0.1, 0.15) is 18.3 Å². The van der Waals surface area contributed by atoms with Crippen molar-refractivity contribution in [2.75, 3.05) is 7.05 Å². The number of H-pyrrole nitrogens is 5. The molecule has 6 N–H and O–H groups in total. The van der Waals surface area contributed by atoms with Gasteiger partial charge in [-0.15, -0.1) is 0 Å². The van der Waals surface area contributed by atoms with Crippen LogP contribution in [-0.2, 0) is 0 Å². The van der Waals surface area contributed by atoms with Crippen molar-refractivity contribution in [3.63, 3.8) is 0 Å². The van der Waals surface area contributed by atoms with Gasteiger partial charge in [-0.3, -0.25) is 0 Å². The van der Waals surface area contributed by atoms with E-state index in [1.165, 1.54) is 0 Å². The van der Waals surface area contributed by atoms with Gasteiger partial charge in [0.1, 0.15) is 18.9 Å². The maximum absolute atomic E-state index is 5.74. The molecular weight excluding hydrogens is 402 g/mol. The number of nitrogens with one attached hydrogen (secondary N) is 6. The predicted octanol–water partition coefficient (Wildman–Crippen LogP) is 0.979. The zero-order valence-electron chi connectivity index (χ0n) is 16.6. The fourth-order valence-electron chi connectivity index (χ4n) is 2.54. The van der Waals surface area contributed by atoms with E-state index in [9.17, 15) is 0 Å². The molecule has 0 atom stereocenters. The lowest BCUT2D eigenvalue weighted by Gasteiger charge is -1.83. The van der Waals surface area contributed by atoms with Gasteiger partial charge in [0.15, 0.2) is 22.8 Å². The van der Waals surface area contributed by atoms with E-state index in [0.29, 0.717) is 0 Å². The van der Waals surface area contributed by atoms with Crippen LogP contribution < -0.4 is 15.0 Å². The van der Waals surface area contributed by atoms with Gasteiger partial charge in [0, 0.05) is 11.1 Å². The van der Waals surface area contributed by atoms with Crippen molar-refractivity contribution in [1.82, 2.24) is 29.9 Å². The lowest BCUT2D eigenvalue weighted by molar-refractivity contribution is -0.413. The Labute approximate surface area is 177 Å². The van der Waals surface area contributed by atoms with Crippen LogP contribution in [0.4, 0.5) is 0 Å². The first kappa shape index (κ1) is 20.9. The summed E-state index contributed by atoms with van der Waals surface area (Å²) in [5.74, 6) is 0. The minimum atomic E-state index is 0.744. The van der Waals surface area contributed by atoms with Crippen molar-refractivity contribution in [3.8, 4) is 0 Å². The van der Waals surface area contributed by atoms with Crippen LogP contribution in [0.25, 0.3) is 28.3 Å². The Morgan fingerprint density at radius 2 is 1.93 bits per heavy atom. The molecule has 0 bridgehead atoms. The van der Waals surface area contributed by atoms with Crippen molar-refractivity contribution >= 4 is 46.1 Å². The maximum atomic E-state index is 5.74. The molecule has 0 amide bonds. The van der Waals surface area contributed by atoms with Gasteiger partial charge in [-0.2, -0.15) is 4.98 Å². The third-order valence-corrected chi connectivity index (χ3v) is 4.12. The van der Waals surface area contributed by atoms with Crippen LogP contribution >= 0.6 is 11.6 Å². The molecular formula is C20H23ClN9+3. The summed E-state index contributed by atoms with van der Waals surface area (Å²) >= 11 is 5.74. The minimum Gasteiger partial charge on any atom is -0.340 e. The molecule has 152 valence electrons. The van der Waals surface area contributed by atoms with Gasteiger partial charge in [-0.25, -0.2) is 24.9 Å². The number of hydrogen-bond donors (Lipinski definition) is 4. The molecule has 4 aromatic heterocycles. The smallest absolute Gasteiger partial charge is 0.294 e. The number of aromatic amines is 5. The van der Waals surface area contributed by atoms with Crippen LogP contribution in [0, 0.1) is 0 Å². The highest BCUT2D eigenvalue weighted by atomic mass is 35.5. The second-order valence-electron chi connectivity index (χ2n) is 5.97. The number of aromatic nitrogens is 8. The molecule has 0 saturated heterocycles. The van der Waals surface area contributed by atoms with Gasteiger partial charge >= 0.3 is 0 Å². The van der Waals surface area contributed by atoms with Gasteiger partial charge in [0.2, 0.25) is 6.33 Å². The average molecular weight is 425 g/mol. The van der Waals surface area contributed by atoms with Gasteiger partial charge in [-0.1, -0.05) is 17.7 Å². The third-order valence-electron chi connectivity index (χ3n) is 3.89. The van der Waals surface area contributed by atoms with Crippen LogP contribution in [0.5, 0.6) is 0 Å². The second kappa shape index (κ2) is 10.6. The van der Waals surface area contributed by atoms with E-state index in [1.54, 1.807) is 25.3 Å². The summed E-state index contributed by atoms with van der Waals surface area (Å²) in [6, 6.07) is 5.68. The Morgan fingerprint density at radius 1 is 1.07 bits per heavy atom. The highest BCUT2D eigenvalue weighted by Gasteiger charge is 2.00. The quantitative estimate of drug-likeness (QED) is 0.315. The van der Waals surface area contributed by atoms with Crippen molar-refractivity contribution in [2.24, 2.45) is 0 Å². The summed E-state index contributed by atoms with van der Waals surface area (Å²) in [6.45, 7) is 1.97. The summed E-state index contributed by atoms with van der Waals surface area (Å²) < 4.78 is 0. The first-order chi connectivity index (χ1) is 14.7. The van der Waals surface area contributed by atoms with E-state index in [4.69, 9.17) is 11.6 Å². The van der Waals surface area contributed by atoms with Gasteiger partial charge in [0.05, 0.1) is 18.3 Å². The summed E-state index contributed by atoms with van der Waals surface area (Å²) in [5.41, 5.74) is 5.75. The normalized spacial score (nSPS) is 10.9. The van der Waals surface area contributed by atoms with Crippen LogP contribution in [0.2, 0.25) is 5.02 Å². The Bertz CT molecular complexity index is 1190. The van der Waals surface area contributed by atoms with Crippen LogP contribution in [0.15, 0.2) is 55.8 Å². The summed E-state index contributed by atoms with van der Waals surface area (Å²) in [7, 11) is 1.86. The van der Waals surface area contributed by atoms with E-state index in [1.807, 2.05) is 56.7 Å². The molecule has 0 unspecified atom stereocenters. The zero-order chi connectivity index (χ0) is 21.2. The van der Waals surface area contributed by atoms with E-state index < -0.39 is 0 Å². The molecule has 5 aromatic rings. The van der Waals surface area contributed by atoms with Crippen molar-refractivity contribution in [3.05, 3.63) is 72.2 Å². The first-order valence-corrected chi connectivity index (χ1v) is 9.55. The SMILES string of the molecule is C/C=C\c1nc[nH]c1C=[NH+]C.Clc1ccc2[nH+]c[nH]c2c1.c1nc2nc[nH+]cc2[nH]1. The number of rotatable bonds is 2. The first-order valence-electron chi connectivity index (χ1n) is 9.17. The molecule has 0 radical (unpaired) electrons. The molecule has 0 spiro atoms. The number of benzene rings is 1. The summed E-state index contributed by atoms with van der Waals surface area (Å²) in [5, 5.41) is 0.753. The van der Waals surface area contributed by atoms with E-state index >= 15 is 0 Å². The van der Waals surface area contributed by atoms with E-state index in [0.717, 1.165) is 38.6 Å². The minimum absolute atomic E-state index is 0.744. The molecule has 1 aromatic carbocycles. The molecule has 4 heterocycles. The summed E-state index contributed by atoms with van der Waals surface area (Å²) in [6.07, 6.45) is 14.3. The number of allylic oxidation sites excluding steroid dienone is 1. The molecule has 9 nitrogen and oxygen atoms in total. The highest BCUT2D eigenvalue weighted by molar-refractivity contribution is 6.31. The lowest BCUT2D eigenvalue weighted by atomic mass is 10.3. The van der Waals surface area contributed by atoms with Crippen LogP contribution in [-0.4, -0.2) is 43.2 Å². The second-order valence-corrected chi connectivity index (χ2v) is 6.40. The van der Waals surface area contributed by atoms with Crippen LogP contribution in [0.3, 0.4) is 0 Å². The van der Waals surface area contributed by atoms with Gasteiger partial charge in [-0.05, 0) is 30.1 Å². The fourth-order valence-corrected chi connectivity index (χ4v) is 2.72. The molecule has 0 aliphatic carbocycles. The number of fused-ring (bicyclic) bond motifs is 2. The number of hydrogen-bond acceptors (Lipinski definition) is 3. The number of halogens is 1. The molecule has 0 fully saturated rings. The predicted molar refractivity (Wildman–Crippen MR) is 116 cm³/mol. The molecule has 0 aliphatic rings. The van der Waals surface area contributed by atoms with E-state index in [-0.39, 0.29) is 0 Å². The van der Waals surface area contributed by atoms with Crippen molar-refractivity contribution < 1.29 is 15.0 Å². The van der Waals surface area contributed by atoms with E-state index in [2.05, 4.69) is 44.9 Å². The number of nitrogens with zero attached hydrogens (tertiary/aromatic N) is 3. The summed E-state index contributed by atoms with van der Waals surface area (Å²) in [4.78, 5) is 29.7. The Balaban J connectivity index is 0.000000128.